The van der Waals surface area contributed by atoms with E-state index < -0.39 is 15.2 Å². The molecule has 2 aromatic heterocycles. The third-order valence-electron chi connectivity index (χ3n) is 23.3. The van der Waals surface area contributed by atoms with E-state index in [1.807, 2.05) is 12.4 Å². The molecule has 32 nitrogen and oxygen atoms in total. The molecule has 7 saturated carbocycles. The van der Waals surface area contributed by atoms with Gasteiger partial charge in [0.05, 0.1) is 113 Å². The van der Waals surface area contributed by atoms with Gasteiger partial charge in [-0.25, -0.2) is 14.8 Å². The number of halogens is 1. The number of nitrogens with zero attached hydrogens (tertiary/aromatic N) is 3. The van der Waals surface area contributed by atoms with Gasteiger partial charge in [0.2, 0.25) is 0 Å². The molecule has 9 heterocycles. The van der Waals surface area contributed by atoms with Crippen molar-refractivity contribution in [2.45, 2.75) is 273 Å². The Hall–Kier alpha value is -5.15. The first-order valence-corrected chi connectivity index (χ1v) is 44.4. The summed E-state index contributed by atoms with van der Waals surface area (Å²) in [6.07, 6.45) is 43.6. The number of methoxy groups -OCH3 is 3. The standard InChI is InChI=1S/C12H18N2O2.C11H18O4.C11H16O4.C10H14N2O.C10H18O3.C10H16O3.C8H12O3.C4H6O3.C4H8O.C2H6ClNO2S.CH4O.CH4/c1-3-12(15-5-6-16-12)4-2-10(1)7-11-8-13-9-14-11;2*1-13-10(12)8-9-2-4-11(5-3-9)14-6-7-15-11;13-10-3-1-8(2-4-10)5-9-6-11-7-12-9;2*11-6-3-9-1-4-10(5-2-9)12-7-8-13-10;9-7-1-3-8(4-2-7)10-5-6-11-8;1-7-4(6)2-3-5;1-2-4-5-3-1;1-4(2)7(3,5)6;1-2;/h8-10H,1-7H2,(H,13,14);9H,2-8H2,1H3;8H,2-7H2,1H3;6-8H,1-5H2,(H,11,12);9,11H,1-8H2;6,9H,1-5,7-8H2;1-6H2;3H,2H2,1H3;1-4H2;1-2H3;2H,1H3;1H4. The maximum atomic E-state index is 11.1. The number of hydrogen-bond acceptors (Lipinski definition) is 29. The van der Waals surface area contributed by atoms with Gasteiger partial charge < -0.3 is 106 Å². The highest BCUT2D eigenvalue weighted by atomic mass is 35.7. The number of Topliss-reactive ketones (excluding diaryl/α,β-unsaturated/α-hetero) is 2. The summed E-state index contributed by atoms with van der Waals surface area (Å²) in [6, 6.07) is 0. The number of ether oxygens (including phenoxy) is 16. The van der Waals surface area contributed by atoms with Gasteiger partial charge in [0.1, 0.15) is 30.6 Å². The van der Waals surface area contributed by atoms with Gasteiger partial charge in [-0.1, -0.05) is 13.0 Å². The zero-order valence-corrected chi connectivity index (χ0v) is 71.8. The SMILES string of the molecule is C.C1CCOC1.CN(C)S(=O)(=O)Cl.CO.COC(=O)C=C1CCC2(CC1)OCCO2.COC(=O)CC1CCC2(CC1)OCCO2.COC(=O)CC=O.O=C1CCC(Cc2cnc[nH]2)CC1.O=C1CCC2(CC1)OCCO2.O=CCC1CCC2(CC1)OCCO2.OCCC1CCC2(CC1)OCCO2.c1ncc(CC2CCC3(CC2)OCCO3)[nH]1. The highest BCUT2D eigenvalue weighted by molar-refractivity contribution is 8.11. The predicted molar refractivity (Wildman–Crippen MR) is 434 cm³/mol. The second kappa shape index (κ2) is 55.9. The van der Waals surface area contributed by atoms with E-state index in [4.69, 9.17) is 82.5 Å². The van der Waals surface area contributed by atoms with Crippen LogP contribution in [0.3, 0.4) is 0 Å². The molecule has 7 aliphatic carbocycles. The summed E-state index contributed by atoms with van der Waals surface area (Å²) >= 11 is 0. The first-order valence-electron chi connectivity index (χ1n) is 42.1. The van der Waals surface area contributed by atoms with Crippen LogP contribution in [0.4, 0.5) is 0 Å². The molecule has 34 heteroatoms. The number of esters is 3. The summed E-state index contributed by atoms with van der Waals surface area (Å²) in [5.74, 6) is 1.28. The van der Waals surface area contributed by atoms with Crippen LogP contribution in [0, 0.1) is 29.6 Å². The number of aliphatic hydroxyl groups excluding tert-OH is 2. The number of carbonyl (C=O) groups is 7. The topological polar surface area (TPSA) is 402 Å². The minimum atomic E-state index is -3.44. The van der Waals surface area contributed by atoms with Crippen molar-refractivity contribution >= 4 is 62.0 Å². The molecule has 4 N–H and O–H groups in total. The van der Waals surface area contributed by atoms with Crippen molar-refractivity contribution in [3.05, 3.63) is 48.1 Å². The highest BCUT2D eigenvalue weighted by Crippen LogP contribution is 2.44. The van der Waals surface area contributed by atoms with E-state index in [-0.39, 0.29) is 60.5 Å². The summed E-state index contributed by atoms with van der Waals surface area (Å²) in [4.78, 5) is 88.1. The lowest BCUT2D eigenvalue weighted by atomic mass is 9.83. The summed E-state index contributed by atoms with van der Waals surface area (Å²) in [6.45, 7) is 11.0. The fourth-order valence-corrected chi connectivity index (χ4v) is 16.3. The lowest BCUT2D eigenvalue weighted by Crippen LogP contribution is -2.35. The zero-order valence-electron chi connectivity index (χ0n) is 70.2. The van der Waals surface area contributed by atoms with Crippen LogP contribution in [0.1, 0.15) is 237 Å². The number of aromatic nitrogens is 4. The molecular formula is C84H140ClN5O27S. The van der Waals surface area contributed by atoms with E-state index in [0.29, 0.717) is 113 Å². The first-order chi connectivity index (χ1) is 56.4. The third-order valence-corrected chi connectivity index (χ3v) is 25.0. The van der Waals surface area contributed by atoms with Gasteiger partial charge in [-0.15, -0.1) is 0 Å². The fraction of sp³-hybridized carbons (Fsp3) is 0.821. The molecule has 2 aromatic rings. The fourth-order valence-electron chi connectivity index (χ4n) is 16.3. The van der Waals surface area contributed by atoms with Crippen LogP contribution in [-0.4, -0.2) is 261 Å². The molecule has 16 rings (SSSR count). The molecule has 7 aliphatic heterocycles. The molecule has 0 unspecified atom stereocenters. The van der Waals surface area contributed by atoms with Crippen molar-refractivity contribution in [1.29, 1.82) is 0 Å². The molecule has 676 valence electrons. The van der Waals surface area contributed by atoms with Crippen LogP contribution in [-0.2, 0) is 131 Å². The van der Waals surface area contributed by atoms with E-state index in [1.54, 1.807) is 18.7 Å². The molecule has 118 heavy (non-hydrogen) atoms. The molecule has 0 bridgehead atoms. The Labute approximate surface area is 703 Å². The number of carbonyl (C=O) groups excluding carboxylic acids is 7. The molecule has 0 amide bonds. The number of aliphatic hydroxyl groups is 2. The normalized spacial score (nSPS) is 24.9. The van der Waals surface area contributed by atoms with E-state index >= 15 is 0 Å². The minimum Gasteiger partial charge on any atom is -0.469 e. The average Bonchev–Trinajstić information content (AvgIpc) is 1.69. The number of aromatic amines is 2. The summed E-state index contributed by atoms with van der Waals surface area (Å²) in [5, 5.41) is 15.8. The number of hydrogen-bond donors (Lipinski definition) is 4. The number of allylic oxidation sites excluding steroid dienone is 1. The van der Waals surface area contributed by atoms with Crippen LogP contribution < -0.4 is 0 Å². The van der Waals surface area contributed by atoms with Gasteiger partial charge in [0.15, 0.2) is 34.7 Å². The third kappa shape index (κ3) is 38.3. The van der Waals surface area contributed by atoms with Crippen molar-refractivity contribution in [2.24, 2.45) is 29.6 Å². The van der Waals surface area contributed by atoms with E-state index in [2.05, 4.69) is 34.1 Å². The lowest BCUT2D eigenvalue weighted by molar-refractivity contribution is -0.184. The van der Waals surface area contributed by atoms with Gasteiger partial charge in [0, 0.05) is 197 Å². The molecule has 14 fully saturated rings. The molecule has 14 aliphatic rings. The number of rotatable bonds is 14. The zero-order chi connectivity index (χ0) is 84.7. The van der Waals surface area contributed by atoms with Crippen LogP contribution >= 0.6 is 10.7 Å². The second-order valence-corrected chi connectivity index (χ2v) is 34.2. The summed E-state index contributed by atoms with van der Waals surface area (Å²) in [7, 11) is 9.14. The summed E-state index contributed by atoms with van der Waals surface area (Å²) < 4.78 is 107. The minimum absolute atomic E-state index is 0. The number of ketones is 2. The Morgan fingerprint density at radius 2 is 0.814 bits per heavy atom. The highest BCUT2D eigenvalue weighted by Gasteiger charge is 2.45. The van der Waals surface area contributed by atoms with Gasteiger partial charge in [-0.2, -0.15) is 12.7 Å². The summed E-state index contributed by atoms with van der Waals surface area (Å²) in [5.41, 5.74) is 3.57. The van der Waals surface area contributed by atoms with Crippen LogP contribution in [0.5, 0.6) is 0 Å². The Balaban J connectivity index is 0.000000236. The molecule has 0 aromatic carbocycles. The number of aldehydes is 2. The molecule has 7 saturated heterocycles. The smallest absolute Gasteiger partial charge is 0.330 e. The van der Waals surface area contributed by atoms with Gasteiger partial charge >= 0.3 is 17.9 Å². The monoisotopic (exact) mass is 1720 g/mol. The van der Waals surface area contributed by atoms with Crippen LogP contribution in [0.15, 0.2) is 36.7 Å². The number of imidazole rings is 2. The Morgan fingerprint density at radius 3 is 1.11 bits per heavy atom. The molecule has 0 radical (unpaired) electrons. The Morgan fingerprint density at radius 1 is 0.483 bits per heavy atom. The van der Waals surface area contributed by atoms with E-state index in [1.165, 1.54) is 72.5 Å². The predicted octanol–water partition coefficient (Wildman–Crippen LogP) is 11.0. The van der Waals surface area contributed by atoms with Crippen molar-refractivity contribution in [2.75, 3.05) is 142 Å². The number of nitrogens with one attached hydrogen (secondary N) is 2. The quantitative estimate of drug-likeness (QED) is 0.0341. The van der Waals surface area contributed by atoms with Crippen LogP contribution in [0.2, 0.25) is 0 Å². The van der Waals surface area contributed by atoms with Crippen molar-refractivity contribution in [3.63, 3.8) is 0 Å². The maximum Gasteiger partial charge on any atom is 0.330 e. The van der Waals surface area contributed by atoms with Gasteiger partial charge in [-0.05, 0) is 139 Å². The Bertz CT molecular complexity index is 3170. The van der Waals surface area contributed by atoms with E-state index in [9.17, 15) is 42.0 Å². The van der Waals surface area contributed by atoms with Crippen molar-refractivity contribution < 1.29 is 128 Å². The number of H-pyrrole nitrogens is 2. The second-order valence-electron chi connectivity index (χ2n) is 31.5. The molecule has 6 spiro atoms. The van der Waals surface area contributed by atoms with Gasteiger partial charge in [0.25, 0.3) is 9.24 Å². The molecule has 0 atom stereocenters. The van der Waals surface area contributed by atoms with Crippen molar-refractivity contribution in [3.8, 4) is 0 Å². The van der Waals surface area contributed by atoms with Crippen LogP contribution in [0.25, 0.3) is 0 Å². The van der Waals surface area contributed by atoms with Crippen molar-refractivity contribution in [1.82, 2.24) is 24.2 Å². The average molecular weight is 1720 g/mol. The molecular weight excluding hydrogens is 1580 g/mol. The largest absolute Gasteiger partial charge is 0.469 e. The van der Waals surface area contributed by atoms with E-state index in [0.717, 1.165) is 255 Å². The lowest BCUT2D eigenvalue weighted by Gasteiger charge is -2.35. The first kappa shape index (κ1) is 103. The van der Waals surface area contributed by atoms with Gasteiger partial charge in [-0.3, -0.25) is 19.2 Å². The Kier molecular flexibility index (Phi) is 49.0. The maximum absolute atomic E-state index is 11.1.